The lowest BCUT2D eigenvalue weighted by Crippen LogP contribution is -2.55. The number of H-pyrrole nitrogens is 1. The third-order valence-corrected chi connectivity index (χ3v) is 7.05. The van der Waals surface area contributed by atoms with Crippen molar-refractivity contribution in [3.8, 4) is 11.5 Å². The average Bonchev–Trinajstić information content (AvgIpc) is 3.42. The van der Waals surface area contributed by atoms with Crippen molar-refractivity contribution >= 4 is 35.5 Å². The van der Waals surface area contributed by atoms with E-state index < -0.39 is 18.1 Å². The second kappa shape index (κ2) is 10.1. The van der Waals surface area contributed by atoms with Crippen LogP contribution in [-0.2, 0) is 16.1 Å². The van der Waals surface area contributed by atoms with E-state index in [-0.39, 0.29) is 24.9 Å². The number of nitrogens with one attached hydrogen (secondary N) is 1. The molecule has 3 aromatic carbocycles. The van der Waals surface area contributed by atoms with Gasteiger partial charge in [-0.3, -0.25) is 19.8 Å². The molecule has 8 nitrogen and oxygen atoms in total. The van der Waals surface area contributed by atoms with Gasteiger partial charge in [0.2, 0.25) is 0 Å². The van der Waals surface area contributed by atoms with Crippen molar-refractivity contribution < 1.29 is 19.1 Å². The first-order chi connectivity index (χ1) is 18.6. The fourth-order valence-electron chi connectivity index (χ4n) is 5.10. The number of ketones is 1. The molecule has 9 heteroatoms. The molecule has 190 valence electrons. The van der Waals surface area contributed by atoms with Gasteiger partial charge in [-0.2, -0.15) is 5.10 Å². The van der Waals surface area contributed by atoms with Crippen LogP contribution in [0.1, 0.15) is 22.6 Å². The lowest BCUT2D eigenvalue weighted by atomic mass is 9.72. The zero-order chi connectivity index (χ0) is 26.1. The molecule has 0 saturated carbocycles. The minimum absolute atomic E-state index is 0.0543. The number of fused-ring (bicyclic) bond motifs is 2. The van der Waals surface area contributed by atoms with Gasteiger partial charge in [-0.15, -0.1) is 0 Å². The van der Waals surface area contributed by atoms with Gasteiger partial charge in [0.15, 0.2) is 5.78 Å². The number of hydrogen-bond acceptors (Lipinski definition) is 6. The number of hydrogen-bond donors (Lipinski definition) is 1. The van der Waals surface area contributed by atoms with Gasteiger partial charge in [0.05, 0.1) is 24.7 Å². The van der Waals surface area contributed by atoms with Crippen molar-refractivity contribution in [3.63, 3.8) is 0 Å². The van der Waals surface area contributed by atoms with Crippen LogP contribution in [0.15, 0.2) is 90.1 Å². The Hall–Kier alpha value is -4.43. The molecule has 0 spiro atoms. The predicted octanol–water partition coefficient (Wildman–Crippen LogP) is 5.78. The van der Waals surface area contributed by atoms with Gasteiger partial charge in [0, 0.05) is 22.7 Å². The quantitative estimate of drug-likeness (QED) is 0.355. The molecular formula is C29H23ClN4O4. The van der Waals surface area contributed by atoms with E-state index in [4.69, 9.17) is 21.1 Å². The first-order valence-electron chi connectivity index (χ1n) is 12.2. The summed E-state index contributed by atoms with van der Waals surface area (Å²) in [6.07, 6.45) is 2.76. The molecular weight excluding hydrogens is 504 g/mol. The Morgan fingerprint density at radius 1 is 1.03 bits per heavy atom. The lowest BCUT2D eigenvalue weighted by molar-refractivity contribution is -0.122. The lowest BCUT2D eigenvalue weighted by Gasteiger charge is -2.43. The van der Waals surface area contributed by atoms with Crippen molar-refractivity contribution in [3.05, 3.63) is 107 Å². The molecule has 0 fully saturated rings. The topological polar surface area (TPSA) is 96.9 Å². The highest BCUT2D eigenvalue weighted by molar-refractivity contribution is 6.30. The summed E-state index contributed by atoms with van der Waals surface area (Å²) in [5.41, 5.74) is 2.47. The molecule has 6 rings (SSSR count). The molecule has 3 heterocycles. The molecule has 4 aromatic rings. The molecule has 38 heavy (non-hydrogen) atoms. The first-order valence-corrected chi connectivity index (χ1v) is 12.6. The summed E-state index contributed by atoms with van der Waals surface area (Å²) in [5, 5.41) is 7.81. The van der Waals surface area contributed by atoms with Crippen LogP contribution in [0.25, 0.3) is 0 Å². The molecule has 1 aromatic heterocycles. The molecule has 0 aliphatic carbocycles. The summed E-state index contributed by atoms with van der Waals surface area (Å²) < 4.78 is 11.7. The number of benzene rings is 3. The molecule has 3 unspecified atom stereocenters. The Morgan fingerprint density at radius 3 is 2.66 bits per heavy atom. The first kappa shape index (κ1) is 23.9. The number of ether oxygens (including phenoxy) is 2. The summed E-state index contributed by atoms with van der Waals surface area (Å²) in [7, 11) is 0. The number of rotatable bonds is 5. The van der Waals surface area contributed by atoms with Gasteiger partial charge >= 0.3 is 6.09 Å². The van der Waals surface area contributed by atoms with Gasteiger partial charge in [-0.1, -0.05) is 54.1 Å². The van der Waals surface area contributed by atoms with E-state index in [9.17, 15) is 9.59 Å². The van der Waals surface area contributed by atoms with Crippen molar-refractivity contribution in [1.29, 1.82) is 0 Å². The van der Waals surface area contributed by atoms with E-state index in [0.717, 1.165) is 16.7 Å². The number of aromatic nitrogens is 2. The Morgan fingerprint density at radius 2 is 1.84 bits per heavy atom. The minimum Gasteiger partial charge on any atom is -0.457 e. The number of anilines is 1. The van der Waals surface area contributed by atoms with Crippen LogP contribution in [0, 0.1) is 5.92 Å². The highest BCUT2D eigenvalue weighted by atomic mass is 35.5. The monoisotopic (exact) mass is 526 g/mol. The van der Waals surface area contributed by atoms with Crippen molar-refractivity contribution in [2.24, 2.45) is 10.9 Å². The molecule has 1 amide bonds. The van der Waals surface area contributed by atoms with Crippen molar-refractivity contribution in [2.75, 3.05) is 11.4 Å². The summed E-state index contributed by atoms with van der Waals surface area (Å²) in [5.74, 6) is 0.768. The molecule has 0 saturated heterocycles. The predicted molar refractivity (Wildman–Crippen MR) is 143 cm³/mol. The number of nitrogens with zero attached hydrogens (tertiary/aromatic N) is 3. The van der Waals surface area contributed by atoms with Crippen molar-refractivity contribution in [1.82, 2.24) is 10.2 Å². The van der Waals surface area contributed by atoms with E-state index in [1.54, 1.807) is 36.7 Å². The third-order valence-electron chi connectivity index (χ3n) is 6.79. The second-order valence-electron chi connectivity index (χ2n) is 9.16. The number of amides is 1. The number of carbonyl (C=O) groups excluding carboxylic acids is 2. The van der Waals surface area contributed by atoms with Crippen LogP contribution >= 0.6 is 11.6 Å². The molecule has 3 atom stereocenters. The molecule has 0 bridgehead atoms. The standard InChI is InChI=1S/C29H23ClN4O4/c30-20-9-11-21(12-10-20)38-22-8-4-7-19(13-22)26-23-14-32-33-28(23)34(24-15-31-16-25(35)27(24)26)29(36)37-17-18-5-2-1-3-6-18/h1-15,24,26-27H,16-17H2,(H,32,33). The van der Waals surface area contributed by atoms with Gasteiger partial charge in [-0.25, -0.2) is 4.79 Å². The number of carbonyl (C=O) groups is 2. The smallest absolute Gasteiger partial charge is 0.416 e. The second-order valence-corrected chi connectivity index (χ2v) is 9.60. The largest absolute Gasteiger partial charge is 0.457 e. The van der Waals surface area contributed by atoms with Crippen molar-refractivity contribution in [2.45, 2.75) is 18.6 Å². The minimum atomic E-state index is -0.627. The van der Waals surface area contributed by atoms with Crippen LogP contribution in [0.2, 0.25) is 5.02 Å². The Bertz CT molecular complexity index is 1500. The maximum absolute atomic E-state index is 13.4. The molecule has 2 aliphatic rings. The zero-order valence-electron chi connectivity index (χ0n) is 20.2. The zero-order valence-corrected chi connectivity index (χ0v) is 20.9. The Kier molecular flexibility index (Phi) is 6.39. The third kappa shape index (κ3) is 4.54. The number of Topliss-reactive ketones (excluding diaryl/α,β-unsaturated/α-hetero) is 1. The number of aliphatic imine (C=N–C) groups is 1. The van der Waals surface area contributed by atoms with Crippen LogP contribution < -0.4 is 9.64 Å². The van der Waals surface area contributed by atoms with E-state index in [0.29, 0.717) is 22.3 Å². The molecule has 1 N–H and O–H groups in total. The normalized spacial score (nSPS) is 20.0. The van der Waals surface area contributed by atoms with E-state index in [1.807, 2.05) is 54.6 Å². The van der Waals surface area contributed by atoms with Gasteiger partial charge in [0.1, 0.15) is 23.9 Å². The summed E-state index contributed by atoms with van der Waals surface area (Å²) in [6.45, 7) is 0.161. The summed E-state index contributed by atoms with van der Waals surface area (Å²) in [4.78, 5) is 32.4. The SMILES string of the molecule is O=C1CN=CC2C1C(c1cccc(Oc3ccc(Cl)cc3)c1)c1cn[nH]c1N2C(=O)OCc1ccccc1. The van der Waals surface area contributed by atoms with Crippen LogP contribution in [0.5, 0.6) is 11.5 Å². The van der Waals surface area contributed by atoms with E-state index in [1.165, 1.54) is 4.90 Å². The Balaban J connectivity index is 1.34. The molecule has 0 radical (unpaired) electrons. The fourth-order valence-corrected chi connectivity index (χ4v) is 5.23. The average molecular weight is 527 g/mol. The Labute approximate surface area is 223 Å². The number of aromatic amines is 1. The maximum Gasteiger partial charge on any atom is 0.416 e. The van der Waals surface area contributed by atoms with Gasteiger partial charge in [0.25, 0.3) is 0 Å². The summed E-state index contributed by atoms with van der Waals surface area (Å²) in [6, 6.07) is 23.5. The highest BCUT2D eigenvalue weighted by Gasteiger charge is 2.49. The highest BCUT2D eigenvalue weighted by Crippen LogP contribution is 2.46. The molecule has 2 aliphatic heterocycles. The van der Waals surface area contributed by atoms with Gasteiger partial charge < -0.3 is 9.47 Å². The van der Waals surface area contributed by atoms with Crippen LogP contribution in [0.3, 0.4) is 0 Å². The van der Waals surface area contributed by atoms with Crippen LogP contribution in [-0.4, -0.2) is 40.9 Å². The van der Waals surface area contributed by atoms with Crippen LogP contribution in [0.4, 0.5) is 10.6 Å². The maximum atomic E-state index is 13.4. The van der Waals surface area contributed by atoms with E-state index in [2.05, 4.69) is 15.2 Å². The fraction of sp³-hybridized carbons (Fsp3) is 0.172. The van der Waals surface area contributed by atoms with Gasteiger partial charge in [-0.05, 0) is 47.5 Å². The van der Waals surface area contributed by atoms with E-state index >= 15 is 0 Å². The summed E-state index contributed by atoms with van der Waals surface area (Å²) >= 11 is 6.00. The number of halogens is 1.